The van der Waals surface area contributed by atoms with Gasteiger partial charge in [-0.25, -0.2) is 12.8 Å². The van der Waals surface area contributed by atoms with E-state index >= 15 is 0 Å². The molecule has 0 bridgehead atoms. The Morgan fingerprint density at radius 3 is 2.82 bits per heavy atom. The molecule has 0 unspecified atom stereocenters. The van der Waals surface area contributed by atoms with E-state index in [1.165, 1.54) is 6.07 Å². The molecule has 7 heteroatoms. The number of aryl methyl sites for hydroxylation is 1. The van der Waals surface area contributed by atoms with E-state index in [0.29, 0.717) is 17.3 Å². The maximum atomic E-state index is 13.8. The van der Waals surface area contributed by atoms with Crippen molar-refractivity contribution >= 4 is 26.7 Å². The van der Waals surface area contributed by atoms with Gasteiger partial charge in [0.25, 0.3) is 0 Å². The maximum absolute atomic E-state index is 13.8. The molecule has 5 nitrogen and oxygen atoms in total. The van der Waals surface area contributed by atoms with Crippen LogP contribution in [0.4, 0.5) is 4.39 Å². The lowest BCUT2D eigenvalue weighted by Gasteiger charge is -2.20. The number of hydrogen-bond donors (Lipinski definition) is 2. The van der Waals surface area contributed by atoms with Crippen molar-refractivity contribution in [2.45, 2.75) is 36.5 Å². The third-order valence-electron chi connectivity index (χ3n) is 4.18. The first-order chi connectivity index (χ1) is 10.3. The Labute approximate surface area is 127 Å². The SMILES string of the molecule is CS(=O)(=O)c1cc(F)cc2c3c([nH]c12)[C@@H](CC(=O)O)CCC3. The van der Waals surface area contributed by atoms with Gasteiger partial charge in [-0.2, -0.15) is 0 Å². The summed E-state index contributed by atoms with van der Waals surface area (Å²) in [4.78, 5) is 14.0. The lowest BCUT2D eigenvalue weighted by Crippen LogP contribution is -2.13. The first-order valence-corrected chi connectivity index (χ1v) is 8.92. The molecule has 1 atom stereocenters. The first kappa shape index (κ1) is 15.0. The molecule has 0 saturated heterocycles. The second-order valence-electron chi connectivity index (χ2n) is 5.80. The average molecular weight is 325 g/mol. The Morgan fingerprint density at radius 2 is 2.18 bits per heavy atom. The van der Waals surface area contributed by atoms with Crippen LogP contribution in [0.3, 0.4) is 0 Å². The van der Waals surface area contributed by atoms with Crippen molar-refractivity contribution in [2.75, 3.05) is 6.26 Å². The van der Waals surface area contributed by atoms with Crippen LogP contribution in [-0.4, -0.2) is 30.7 Å². The number of carboxylic acid groups (broad SMARTS) is 1. The molecule has 2 aromatic rings. The standard InChI is InChI=1S/C15H16FNO4S/c1-22(20,21)12-7-9(16)6-11-10-4-2-3-8(5-13(18)19)14(10)17-15(11)12/h6-8,17H,2-5H2,1H3,(H,18,19)/t8-/m1/s1. The van der Waals surface area contributed by atoms with Crippen molar-refractivity contribution in [3.05, 3.63) is 29.2 Å². The van der Waals surface area contributed by atoms with E-state index in [4.69, 9.17) is 5.11 Å². The van der Waals surface area contributed by atoms with Crippen LogP contribution in [0.1, 0.15) is 36.4 Å². The molecule has 1 aliphatic rings. The van der Waals surface area contributed by atoms with Crippen molar-refractivity contribution in [3.63, 3.8) is 0 Å². The van der Waals surface area contributed by atoms with Crippen LogP contribution in [0.5, 0.6) is 0 Å². The van der Waals surface area contributed by atoms with Gasteiger partial charge in [-0.15, -0.1) is 0 Å². The smallest absolute Gasteiger partial charge is 0.304 e. The highest BCUT2D eigenvalue weighted by molar-refractivity contribution is 7.91. The number of carboxylic acids is 1. The van der Waals surface area contributed by atoms with E-state index in [1.54, 1.807) is 0 Å². The third kappa shape index (κ3) is 2.49. The van der Waals surface area contributed by atoms with E-state index in [2.05, 4.69) is 4.98 Å². The Hall–Kier alpha value is -1.89. The molecule has 0 radical (unpaired) electrons. The van der Waals surface area contributed by atoms with E-state index < -0.39 is 21.6 Å². The Morgan fingerprint density at radius 1 is 1.45 bits per heavy atom. The Bertz CT molecular complexity index is 869. The normalized spacial score (nSPS) is 18.4. The minimum absolute atomic E-state index is 0.0173. The number of sulfone groups is 1. The highest BCUT2D eigenvalue weighted by atomic mass is 32.2. The van der Waals surface area contributed by atoms with Crippen LogP contribution in [0.2, 0.25) is 0 Å². The fraction of sp³-hybridized carbons (Fsp3) is 0.400. The molecule has 0 amide bonds. The number of carbonyl (C=O) groups is 1. The van der Waals surface area contributed by atoms with Gasteiger partial charge in [-0.3, -0.25) is 4.79 Å². The molecule has 1 aromatic carbocycles. The van der Waals surface area contributed by atoms with Gasteiger partial charge in [0.1, 0.15) is 5.82 Å². The summed E-state index contributed by atoms with van der Waals surface area (Å²) in [7, 11) is -3.58. The molecule has 22 heavy (non-hydrogen) atoms. The van der Waals surface area contributed by atoms with Gasteiger partial charge in [0.2, 0.25) is 0 Å². The molecular weight excluding hydrogens is 309 g/mol. The molecule has 3 rings (SSSR count). The fourth-order valence-corrected chi connectivity index (χ4v) is 4.16. The van der Waals surface area contributed by atoms with Crippen molar-refractivity contribution in [2.24, 2.45) is 0 Å². The van der Waals surface area contributed by atoms with Crippen molar-refractivity contribution < 1.29 is 22.7 Å². The Kier molecular flexibility index (Phi) is 3.47. The van der Waals surface area contributed by atoms with E-state index in [1.807, 2.05) is 0 Å². The molecule has 0 aliphatic heterocycles. The van der Waals surface area contributed by atoms with Gasteiger partial charge in [0.05, 0.1) is 16.8 Å². The summed E-state index contributed by atoms with van der Waals surface area (Å²) in [6.45, 7) is 0. The fourth-order valence-electron chi connectivity index (χ4n) is 3.30. The quantitative estimate of drug-likeness (QED) is 0.908. The largest absolute Gasteiger partial charge is 0.481 e. The summed E-state index contributed by atoms with van der Waals surface area (Å²) in [6, 6.07) is 2.33. The molecule has 1 aliphatic carbocycles. The molecule has 0 spiro atoms. The highest BCUT2D eigenvalue weighted by Crippen LogP contribution is 2.39. The number of halogens is 1. The summed E-state index contributed by atoms with van der Waals surface area (Å²) >= 11 is 0. The van der Waals surface area contributed by atoms with Gasteiger partial charge in [-0.05, 0) is 37.0 Å². The second kappa shape index (κ2) is 5.08. The van der Waals surface area contributed by atoms with E-state index in [0.717, 1.165) is 36.4 Å². The monoisotopic (exact) mass is 325 g/mol. The zero-order chi connectivity index (χ0) is 16.1. The molecule has 1 heterocycles. The number of benzene rings is 1. The molecule has 0 fully saturated rings. The minimum Gasteiger partial charge on any atom is -0.481 e. The topological polar surface area (TPSA) is 87.2 Å². The first-order valence-electron chi connectivity index (χ1n) is 7.03. The third-order valence-corrected chi connectivity index (χ3v) is 5.31. The van der Waals surface area contributed by atoms with E-state index in [9.17, 15) is 17.6 Å². The van der Waals surface area contributed by atoms with E-state index in [-0.39, 0.29) is 17.2 Å². The number of aromatic nitrogens is 1. The van der Waals surface area contributed by atoms with Crippen LogP contribution >= 0.6 is 0 Å². The summed E-state index contributed by atoms with van der Waals surface area (Å²) in [5.41, 5.74) is 1.96. The summed E-state index contributed by atoms with van der Waals surface area (Å²) in [5, 5.41) is 9.57. The summed E-state index contributed by atoms with van der Waals surface area (Å²) in [6.07, 6.45) is 3.25. The van der Waals surface area contributed by atoms with Gasteiger partial charge in [-0.1, -0.05) is 0 Å². The second-order valence-corrected chi connectivity index (χ2v) is 7.79. The van der Waals surface area contributed by atoms with Crippen molar-refractivity contribution in [1.29, 1.82) is 0 Å². The molecular formula is C15H16FNO4S. The lowest BCUT2D eigenvalue weighted by molar-refractivity contribution is -0.137. The highest BCUT2D eigenvalue weighted by Gasteiger charge is 2.28. The van der Waals surface area contributed by atoms with Gasteiger partial charge >= 0.3 is 5.97 Å². The van der Waals surface area contributed by atoms with Crippen LogP contribution < -0.4 is 0 Å². The number of H-pyrrole nitrogens is 1. The van der Waals surface area contributed by atoms with Crippen LogP contribution in [0.15, 0.2) is 17.0 Å². The lowest BCUT2D eigenvalue weighted by atomic mass is 9.85. The zero-order valence-corrected chi connectivity index (χ0v) is 12.8. The van der Waals surface area contributed by atoms with Gasteiger partial charge in [0.15, 0.2) is 9.84 Å². The number of aromatic amines is 1. The number of aliphatic carboxylic acids is 1. The van der Waals surface area contributed by atoms with Gasteiger partial charge < -0.3 is 10.1 Å². The number of rotatable bonds is 3. The van der Waals surface area contributed by atoms with Crippen molar-refractivity contribution in [1.82, 2.24) is 4.98 Å². The summed E-state index contributed by atoms with van der Waals surface area (Å²) < 4.78 is 37.6. The molecule has 0 saturated carbocycles. The van der Waals surface area contributed by atoms with Crippen LogP contribution in [-0.2, 0) is 21.1 Å². The summed E-state index contributed by atoms with van der Waals surface area (Å²) in [5.74, 6) is -1.69. The average Bonchev–Trinajstić information content (AvgIpc) is 2.76. The predicted octanol–water partition coefficient (Wildman–Crippen LogP) is 2.61. The number of hydrogen-bond acceptors (Lipinski definition) is 3. The zero-order valence-electron chi connectivity index (χ0n) is 12.0. The Balaban J connectivity index is 2.28. The van der Waals surface area contributed by atoms with Crippen LogP contribution in [0, 0.1) is 5.82 Å². The minimum atomic E-state index is -3.58. The van der Waals surface area contributed by atoms with Gasteiger partial charge in [0, 0.05) is 23.3 Å². The number of fused-ring (bicyclic) bond motifs is 3. The molecule has 1 aromatic heterocycles. The number of nitrogens with one attached hydrogen (secondary N) is 1. The molecule has 118 valence electrons. The molecule has 2 N–H and O–H groups in total. The predicted molar refractivity (Wildman–Crippen MR) is 79.3 cm³/mol. The maximum Gasteiger partial charge on any atom is 0.304 e. The van der Waals surface area contributed by atoms with Crippen LogP contribution in [0.25, 0.3) is 10.9 Å². The van der Waals surface area contributed by atoms with Crippen molar-refractivity contribution in [3.8, 4) is 0 Å².